The van der Waals surface area contributed by atoms with Gasteiger partial charge in [-0.3, -0.25) is 4.90 Å². The second kappa shape index (κ2) is 7.49. The third-order valence-corrected chi connectivity index (χ3v) is 4.47. The number of likely N-dealkylation sites (tertiary alicyclic amines) is 1. The summed E-state index contributed by atoms with van der Waals surface area (Å²) in [7, 11) is 0. The van der Waals surface area contributed by atoms with Gasteiger partial charge in [-0.15, -0.1) is 12.4 Å². The minimum absolute atomic E-state index is 0. The highest BCUT2D eigenvalue weighted by Crippen LogP contribution is 2.28. The lowest BCUT2D eigenvalue weighted by Gasteiger charge is -2.37. The highest BCUT2D eigenvalue weighted by Gasteiger charge is 2.25. The summed E-state index contributed by atoms with van der Waals surface area (Å²) in [6.07, 6.45) is 2.44. The smallest absolute Gasteiger partial charge is 0.0406 e. The van der Waals surface area contributed by atoms with Crippen LogP contribution in [0.2, 0.25) is 5.02 Å². The molecular weight excluding hydrogens is 279 g/mol. The van der Waals surface area contributed by atoms with Gasteiger partial charge < -0.3 is 5.73 Å². The Kier molecular flexibility index (Phi) is 6.61. The molecule has 1 heterocycles. The van der Waals surface area contributed by atoms with E-state index in [9.17, 15) is 0 Å². The number of hydrogen-bond acceptors (Lipinski definition) is 2. The Balaban J connectivity index is 0.00000180. The average Bonchev–Trinajstić information content (AvgIpc) is 2.39. The van der Waals surface area contributed by atoms with Crippen LogP contribution in [0.4, 0.5) is 0 Å². The largest absolute Gasteiger partial charge is 0.328 e. The van der Waals surface area contributed by atoms with E-state index in [1.807, 2.05) is 12.1 Å². The zero-order chi connectivity index (χ0) is 13.1. The molecule has 2 atom stereocenters. The van der Waals surface area contributed by atoms with E-state index in [2.05, 4.69) is 30.9 Å². The average molecular weight is 303 g/mol. The van der Waals surface area contributed by atoms with Crippen molar-refractivity contribution in [2.45, 2.75) is 38.8 Å². The monoisotopic (exact) mass is 302 g/mol. The molecule has 1 aliphatic rings. The van der Waals surface area contributed by atoms with Crippen molar-refractivity contribution in [2.24, 2.45) is 11.7 Å². The van der Waals surface area contributed by atoms with Gasteiger partial charge in [0.15, 0.2) is 0 Å². The maximum absolute atomic E-state index is 5.98. The second-order valence-corrected chi connectivity index (χ2v) is 5.90. The fourth-order valence-corrected chi connectivity index (χ4v) is 2.91. The molecule has 19 heavy (non-hydrogen) atoms. The molecule has 4 heteroatoms. The first kappa shape index (κ1) is 16.8. The summed E-state index contributed by atoms with van der Waals surface area (Å²) in [6.45, 7) is 6.70. The normalized spacial score (nSPS) is 20.6. The molecule has 2 nitrogen and oxygen atoms in total. The van der Waals surface area contributed by atoms with Crippen LogP contribution in [0.25, 0.3) is 0 Å². The van der Waals surface area contributed by atoms with Crippen LogP contribution in [0, 0.1) is 5.92 Å². The molecule has 0 bridgehead atoms. The van der Waals surface area contributed by atoms with Gasteiger partial charge in [0.1, 0.15) is 0 Å². The van der Waals surface area contributed by atoms with E-state index in [0.29, 0.717) is 18.0 Å². The fourth-order valence-electron chi connectivity index (χ4n) is 2.78. The van der Waals surface area contributed by atoms with Crippen LogP contribution in [0.5, 0.6) is 0 Å². The van der Waals surface area contributed by atoms with Crippen molar-refractivity contribution >= 4 is 24.0 Å². The summed E-state index contributed by atoms with van der Waals surface area (Å²) in [5.41, 5.74) is 7.33. The maximum atomic E-state index is 5.98. The third kappa shape index (κ3) is 4.35. The Morgan fingerprint density at radius 3 is 2.16 bits per heavy atom. The number of nitrogens with zero attached hydrogens (tertiary/aromatic N) is 1. The molecule has 1 fully saturated rings. The third-order valence-electron chi connectivity index (χ3n) is 4.22. The summed E-state index contributed by atoms with van der Waals surface area (Å²) in [6, 6.07) is 9.01. The molecule has 2 rings (SSSR count). The number of hydrogen-bond donors (Lipinski definition) is 1. The molecule has 0 spiro atoms. The molecule has 0 saturated carbocycles. The molecule has 1 aromatic carbocycles. The first-order valence-electron chi connectivity index (χ1n) is 6.83. The lowest BCUT2D eigenvalue weighted by atomic mass is 9.90. The van der Waals surface area contributed by atoms with Crippen LogP contribution in [-0.4, -0.2) is 24.0 Å². The summed E-state index contributed by atoms with van der Waals surface area (Å²) < 4.78 is 0. The molecule has 1 aliphatic heterocycles. The SMILES string of the molecule is CC(N)C1CCN(C(C)c2ccc(Cl)cc2)CC1.Cl. The summed E-state index contributed by atoms with van der Waals surface area (Å²) in [5.74, 6) is 0.693. The zero-order valence-corrected chi connectivity index (χ0v) is 13.3. The van der Waals surface area contributed by atoms with Gasteiger partial charge in [-0.1, -0.05) is 23.7 Å². The minimum atomic E-state index is 0. The van der Waals surface area contributed by atoms with Crippen molar-refractivity contribution in [1.29, 1.82) is 0 Å². The number of piperidine rings is 1. The van der Waals surface area contributed by atoms with Crippen molar-refractivity contribution in [2.75, 3.05) is 13.1 Å². The minimum Gasteiger partial charge on any atom is -0.328 e. The molecule has 0 radical (unpaired) electrons. The summed E-state index contributed by atoms with van der Waals surface area (Å²) in [5, 5.41) is 0.807. The van der Waals surface area contributed by atoms with E-state index < -0.39 is 0 Å². The summed E-state index contributed by atoms with van der Waals surface area (Å²) in [4.78, 5) is 2.54. The first-order chi connectivity index (χ1) is 8.58. The van der Waals surface area contributed by atoms with Crippen LogP contribution in [0.1, 0.15) is 38.3 Å². The summed E-state index contributed by atoms with van der Waals surface area (Å²) >= 11 is 5.93. The zero-order valence-electron chi connectivity index (χ0n) is 11.7. The van der Waals surface area contributed by atoms with Crippen molar-refractivity contribution in [1.82, 2.24) is 4.90 Å². The Bertz CT molecular complexity index is 370. The first-order valence-corrected chi connectivity index (χ1v) is 7.21. The Morgan fingerprint density at radius 1 is 1.16 bits per heavy atom. The van der Waals surface area contributed by atoms with Gasteiger partial charge in [-0.25, -0.2) is 0 Å². The topological polar surface area (TPSA) is 29.3 Å². The highest BCUT2D eigenvalue weighted by atomic mass is 35.5. The maximum Gasteiger partial charge on any atom is 0.0406 e. The van der Waals surface area contributed by atoms with Gasteiger partial charge in [0, 0.05) is 17.1 Å². The molecule has 0 aliphatic carbocycles. The van der Waals surface area contributed by atoms with E-state index in [-0.39, 0.29) is 12.4 Å². The van der Waals surface area contributed by atoms with Gasteiger partial charge in [-0.2, -0.15) is 0 Å². The van der Waals surface area contributed by atoms with Gasteiger partial charge >= 0.3 is 0 Å². The van der Waals surface area contributed by atoms with Gasteiger partial charge in [0.25, 0.3) is 0 Å². The number of halogens is 2. The standard InChI is InChI=1S/C15H23ClN2.ClH/c1-11(17)13-7-9-18(10-8-13)12(2)14-3-5-15(16)6-4-14;/h3-6,11-13H,7-10,17H2,1-2H3;1H. The van der Waals surface area contributed by atoms with Gasteiger partial charge in [0.2, 0.25) is 0 Å². The van der Waals surface area contributed by atoms with Crippen molar-refractivity contribution in [3.63, 3.8) is 0 Å². The molecule has 1 saturated heterocycles. The Hall–Kier alpha value is -0.280. The van der Waals surface area contributed by atoms with Crippen molar-refractivity contribution in [3.8, 4) is 0 Å². The Labute approximate surface area is 127 Å². The van der Waals surface area contributed by atoms with Crippen LogP contribution in [0.15, 0.2) is 24.3 Å². The van der Waals surface area contributed by atoms with E-state index in [1.54, 1.807) is 0 Å². The Morgan fingerprint density at radius 2 is 1.68 bits per heavy atom. The molecule has 0 aromatic heterocycles. The van der Waals surface area contributed by atoms with E-state index in [4.69, 9.17) is 17.3 Å². The lowest BCUT2D eigenvalue weighted by Crippen LogP contribution is -2.40. The van der Waals surface area contributed by atoms with Crippen LogP contribution < -0.4 is 5.73 Å². The fraction of sp³-hybridized carbons (Fsp3) is 0.600. The molecule has 108 valence electrons. The molecule has 1 aromatic rings. The number of nitrogens with two attached hydrogens (primary N) is 1. The number of benzene rings is 1. The second-order valence-electron chi connectivity index (χ2n) is 5.46. The molecule has 2 unspecified atom stereocenters. The molecular formula is C15H24Cl2N2. The van der Waals surface area contributed by atoms with Crippen molar-refractivity contribution in [3.05, 3.63) is 34.9 Å². The quantitative estimate of drug-likeness (QED) is 0.918. The van der Waals surface area contributed by atoms with Gasteiger partial charge in [0.05, 0.1) is 0 Å². The molecule has 0 amide bonds. The predicted octanol–water partition coefficient (Wildman–Crippen LogP) is 3.88. The van der Waals surface area contributed by atoms with E-state index in [1.165, 1.54) is 18.4 Å². The molecule has 2 N–H and O–H groups in total. The van der Waals surface area contributed by atoms with E-state index in [0.717, 1.165) is 18.1 Å². The van der Waals surface area contributed by atoms with Crippen LogP contribution in [-0.2, 0) is 0 Å². The highest BCUT2D eigenvalue weighted by molar-refractivity contribution is 6.30. The number of rotatable bonds is 3. The van der Waals surface area contributed by atoms with Gasteiger partial charge in [-0.05, 0) is 63.4 Å². The van der Waals surface area contributed by atoms with Crippen molar-refractivity contribution < 1.29 is 0 Å². The lowest BCUT2D eigenvalue weighted by molar-refractivity contribution is 0.132. The van der Waals surface area contributed by atoms with Crippen LogP contribution in [0.3, 0.4) is 0 Å². The van der Waals surface area contributed by atoms with Crippen LogP contribution >= 0.6 is 24.0 Å². The van der Waals surface area contributed by atoms with E-state index >= 15 is 0 Å². The predicted molar refractivity (Wildman–Crippen MR) is 85.1 cm³/mol.